The monoisotopic (exact) mass is 823 g/mol. The van der Waals surface area contributed by atoms with Crippen molar-refractivity contribution in [2.45, 2.75) is 83.0 Å². The van der Waals surface area contributed by atoms with E-state index >= 15 is 0 Å². The van der Waals surface area contributed by atoms with Gasteiger partial charge in [-0.3, -0.25) is 0 Å². The van der Waals surface area contributed by atoms with Crippen molar-refractivity contribution in [3.8, 4) is 33.4 Å². The first-order chi connectivity index (χ1) is 30.9. The topological polar surface area (TPSA) is 15.3 Å². The van der Waals surface area contributed by atoms with Crippen molar-refractivity contribution >= 4 is 46.6 Å². The molecule has 64 heavy (non-hydrogen) atoms. The zero-order valence-electron chi connectivity index (χ0n) is 37.9. The van der Waals surface area contributed by atoms with Gasteiger partial charge in [-0.15, -0.1) is 0 Å². The maximum absolute atomic E-state index is 4.20. The lowest BCUT2D eigenvalue weighted by Gasteiger charge is -2.48. The number of anilines is 5. The van der Waals surface area contributed by atoms with Gasteiger partial charge in [-0.1, -0.05) is 180 Å². The Morgan fingerprint density at radius 1 is 0.469 bits per heavy atom. The minimum absolute atomic E-state index is 0.0986. The molecule has 8 aromatic rings. The van der Waals surface area contributed by atoms with E-state index in [-0.39, 0.29) is 16.2 Å². The second-order valence-electron chi connectivity index (χ2n) is 21.1. The summed E-state index contributed by atoms with van der Waals surface area (Å²) in [5.41, 5.74) is 28.3. The largest absolute Gasteiger partial charge is 0.354 e. The molecule has 0 bridgehead atoms. The van der Waals surface area contributed by atoms with Gasteiger partial charge in [0.15, 0.2) is 7.28 Å². The lowest BCUT2D eigenvalue weighted by molar-refractivity contribution is 0.332. The molecule has 13 rings (SSSR count). The third-order valence-electron chi connectivity index (χ3n) is 16.2. The Labute approximate surface area is 379 Å². The van der Waals surface area contributed by atoms with Gasteiger partial charge in [0.05, 0.1) is 16.8 Å². The number of rotatable bonds is 3. The summed E-state index contributed by atoms with van der Waals surface area (Å²) in [6, 6.07) is 60.5. The van der Waals surface area contributed by atoms with E-state index in [9.17, 15) is 0 Å². The fourth-order valence-electron chi connectivity index (χ4n) is 13.0. The van der Waals surface area contributed by atoms with Gasteiger partial charge in [-0.2, -0.15) is 0 Å². The van der Waals surface area contributed by atoms with Crippen LogP contribution >= 0.6 is 0 Å². The van der Waals surface area contributed by atoms with Crippen LogP contribution in [0.15, 0.2) is 158 Å². The van der Waals surface area contributed by atoms with E-state index in [1.807, 2.05) is 0 Å². The second kappa shape index (κ2) is 12.8. The molecule has 0 saturated carbocycles. The molecule has 1 radical (unpaired) electrons. The number of nitrogens with one attached hydrogen (secondary N) is 1. The fourth-order valence-corrected chi connectivity index (χ4v) is 13.0. The maximum atomic E-state index is 4.20. The van der Waals surface area contributed by atoms with Crippen molar-refractivity contribution in [3.05, 3.63) is 208 Å². The van der Waals surface area contributed by atoms with Gasteiger partial charge in [0.2, 0.25) is 0 Å². The van der Waals surface area contributed by atoms with Crippen LogP contribution in [0.3, 0.4) is 0 Å². The molecule has 2 aliphatic heterocycles. The molecule has 0 aromatic heterocycles. The Hall–Kier alpha value is -6.58. The molecular weight excluding hydrogens is 771 g/mol. The number of hydrogen-bond acceptors (Lipinski definition) is 2. The molecule has 309 valence electrons. The van der Waals surface area contributed by atoms with Crippen LogP contribution in [0.1, 0.15) is 104 Å². The summed E-state index contributed by atoms with van der Waals surface area (Å²) in [4.78, 5) is 2.60. The van der Waals surface area contributed by atoms with Crippen molar-refractivity contribution in [1.82, 2.24) is 0 Å². The van der Waals surface area contributed by atoms with Crippen LogP contribution in [-0.4, -0.2) is 7.28 Å². The Bertz CT molecular complexity index is 3300. The van der Waals surface area contributed by atoms with Gasteiger partial charge in [0.25, 0.3) is 0 Å². The second-order valence-corrected chi connectivity index (χ2v) is 21.1. The minimum Gasteiger partial charge on any atom is -0.354 e. The maximum Gasteiger partial charge on any atom is 0.197 e. The molecule has 3 aliphatic carbocycles. The Morgan fingerprint density at radius 3 is 1.81 bits per heavy atom. The molecule has 3 heteroatoms. The smallest absolute Gasteiger partial charge is 0.197 e. The molecule has 1 spiro atoms. The average Bonchev–Trinajstić information content (AvgIpc) is 3.72. The number of aryl methyl sites for hydroxylation is 1. The number of para-hydroxylation sites is 2. The highest BCUT2D eigenvalue weighted by Crippen LogP contribution is 2.64. The molecule has 1 N–H and O–H groups in total. The van der Waals surface area contributed by atoms with Gasteiger partial charge >= 0.3 is 0 Å². The van der Waals surface area contributed by atoms with Crippen molar-refractivity contribution in [1.29, 1.82) is 0 Å². The Balaban J connectivity index is 1.06. The summed E-state index contributed by atoms with van der Waals surface area (Å²) in [7, 11) is 2.49. The van der Waals surface area contributed by atoms with Crippen LogP contribution in [0.4, 0.5) is 28.4 Å². The highest BCUT2D eigenvalue weighted by atomic mass is 15.2. The Kier molecular flexibility index (Phi) is 7.58. The molecule has 0 atom stereocenters. The van der Waals surface area contributed by atoms with Crippen LogP contribution in [0.2, 0.25) is 0 Å². The summed E-state index contributed by atoms with van der Waals surface area (Å²) in [6.07, 6.45) is 2.38. The first-order valence-electron chi connectivity index (χ1n) is 23.3. The predicted octanol–water partition coefficient (Wildman–Crippen LogP) is 14.2. The van der Waals surface area contributed by atoms with E-state index in [1.165, 1.54) is 130 Å². The van der Waals surface area contributed by atoms with E-state index in [2.05, 4.69) is 224 Å². The van der Waals surface area contributed by atoms with E-state index in [0.29, 0.717) is 0 Å². The third kappa shape index (κ3) is 4.83. The first-order valence-corrected chi connectivity index (χ1v) is 23.3. The number of fused-ring (bicyclic) bond motifs is 15. The van der Waals surface area contributed by atoms with E-state index < -0.39 is 5.41 Å². The average molecular weight is 824 g/mol. The summed E-state index contributed by atoms with van der Waals surface area (Å²) < 4.78 is 0. The Morgan fingerprint density at radius 2 is 1.08 bits per heavy atom. The molecule has 5 aliphatic rings. The van der Waals surface area contributed by atoms with Crippen LogP contribution < -0.4 is 21.1 Å². The SMILES string of the molecule is Cc1cc(-c2ccc3c(c2Nc2ccc4c(c2)C(C)(C)CCC4(C)C)-c2ccccc2C3(C)C)c2c(c1)N1c3ccccc3C3(c4ccccc4-c4ccccc43)c3cccc(c31)[B]2. The molecule has 0 unspecified atom stereocenters. The van der Waals surface area contributed by atoms with Crippen LogP contribution in [0, 0.1) is 6.92 Å². The molecule has 2 nitrogen and oxygen atoms in total. The number of nitrogens with zero attached hydrogens (tertiary/aromatic N) is 1. The first kappa shape index (κ1) is 37.9. The summed E-state index contributed by atoms with van der Waals surface area (Å²) >= 11 is 0. The van der Waals surface area contributed by atoms with Crippen molar-refractivity contribution < 1.29 is 0 Å². The zero-order valence-corrected chi connectivity index (χ0v) is 37.9. The van der Waals surface area contributed by atoms with Gasteiger partial charge in [0.1, 0.15) is 0 Å². The van der Waals surface area contributed by atoms with E-state index in [0.717, 1.165) is 5.69 Å². The lowest BCUT2D eigenvalue weighted by Crippen LogP contribution is -2.47. The van der Waals surface area contributed by atoms with Gasteiger partial charge in [0, 0.05) is 33.6 Å². The van der Waals surface area contributed by atoms with Gasteiger partial charge in [-0.25, -0.2) is 0 Å². The fraction of sp³-hybridized carbons (Fsp3) is 0.213. The van der Waals surface area contributed by atoms with E-state index in [1.54, 1.807) is 0 Å². The highest BCUT2D eigenvalue weighted by molar-refractivity contribution is 6.73. The quantitative estimate of drug-likeness (QED) is 0.179. The lowest BCUT2D eigenvalue weighted by atomic mass is 9.54. The summed E-state index contributed by atoms with van der Waals surface area (Å²) in [6.45, 7) is 16.8. The van der Waals surface area contributed by atoms with Crippen molar-refractivity contribution in [2.24, 2.45) is 0 Å². The van der Waals surface area contributed by atoms with Gasteiger partial charge in [-0.05, 0) is 133 Å². The molecule has 0 fully saturated rings. The molecule has 8 aromatic carbocycles. The van der Waals surface area contributed by atoms with Crippen molar-refractivity contribution in [2.75, 3.05) is 10.2 Å². The standard InChI is InChI=1S/C61H52BN2/c1-36-33-42(40-28-30-48-54(41-19-10-11-20-43(41)60(48,6)7)56(40)63-37-27-29-46-50(35-37)59(4,5)32-31-58(46,2)3)55-53(34-36)64-52-26-15-14-23-47(52)61(49-24-16-25-51(62-55)57(49)64)44-21-12-8-17-38(44)39-18-9-13-22-45(39)61/h8-30,33-35,63H,31-32H2,1-7H3. The molecule has 0 amide bonds. The van der Waals surface area contributed by atoms with Crippen LogP contribution in [0.5, 0.6) is 0 Å². The van der Waals surface area contributed by atoms with Crippen LogP contribution in [-0.2, 0) is 21.7 Å². The van der Waals surface area contributed by atoms with Crippen LogP contribution in [0.25, 0.3) is 33.4 Å². The number of benzene rings is 8. The highest BCUT2D eigenvalue weighted by Gasteiger charge is 2.53. The normalized spacial score (nSPS) is 17.5. The molecule has 0 saturated heterocycles. The minimum atomic E-state index is -0.445. The summed E-state index contributed by atoms with van der Waals surface area (Å²) in [5, 5.41) is 4.20. The molecular formula is C61H52BN2. The zero-order chi connectivity index (χ0) is 43.5. The number of hydrogen-bond donors (Lipinski definition) is 1. The van der Waals surface area contributed by atoms with Gasteiger partial charge < -0.3 is 10.2 Å². The predicted molar refractivity (Wildman–Crippen MR) is 270 cm³/mol. The van der Waals surface area contributed by atoms with Crippen molar-refractivity contribution in [3.63, 3.8) is 0 Å². The summed E-state index contributed by atoms with van der Waals surface area (Å²) in [5.74, 6) is 0. The third-order valence-corrected chi connectivity index (χ3v) is 16.2. The van der Waals surface area contributed by atoms with E-state index in [4.69, 9.17) is 0 Å². The molecule has 2 heterocycles.